The van der Waals surface area contributed by atoms with Crippen LogP contribution >= 0.6 is 0 Å². The van der Waals surface area contributed by atoms with Crippen LogP contribution in [0.15, 0.2) is 23.0 Å². The molecule has 0 aliphatic heterocycles. The third-order valence-corrected chi connectivity index (χ3v) is 1.80. The Morgan fingerprint density at radius 3 is 3.14 bits per heavy atom. The van der Waals surface area contributed by atoms with Crippen LogP contribution < -0.4 is 5.73 Å². The van der Waals surface area contributed by atoms with E-state index >= 15 is 0 Å². The number of hydrogen-bond donors (Lipinski definition) is 1. The summed E-state index contributed by atoms with van der Waals surface area (Å²) in [4.78, 5) is 0. The van der Waals surface area contributed by atoms with Gasteiger partial charge < -0.3 is 10.3 Å². The zero-order chi connectivity index (χ0) is 9.80. The minimum absolute atomic E-state index is 0.553. The molecule has 0 aliphatic rings. The lowest BCUT2D eigenvalue weighted by atomic mass is 10.3. The monoisotopic (exact) mass is 193 g/mol. The average molecular weight is 193 g/mol. The zero-order valence-electron chi connectivity index (χ0n) is 7.63. The van der Waals surface area contributed by atoms with Crippen LogP contribution in [-0.2, 0) is 13.0 Å². The van der Waals surface area contributed by atoms with E-state index in [9.17, 15) is 0 Å². The van der Waals surface area contributed by atoms with Crippen molar-refractivity contribution in [3.8, 4) is 0 Å². The van der Waals surface area contributed by atoms with E-state index in [-0.39, 0.29) is 0 Å². The summed E-state index contributed by atoms with van der Waals surface area (Å²) >= 11 is 0. The number of nitrogens with zero attached hydrogens (tertiary/aromatic N) is 4. The molecular weight excluding hydrogens is 182 g/mol. The van der Waals surface area contributed by atoms with Crippen molar-refractivity contribution in [2.45, 2.75) is 13.0 Å². The first kappa shape index (κ1) is 8.89. The van der Waals surface area contributed by atoms with Crippen molar-refractivity contribution in [3.63, 3.8) is 0 Å². The van der Waals surface area contributed by atoms with Gasteiger partial charge >= 0.3 is 0 Å². The molecule has 6 nitrogen and oxygen atoms in total. The van der Waals surface area contributed by atoms with Gasteiger partial charge in [-0.15, -0.1) is 5.10 Å². The van der Waals surface area contributed by atoms with Crippen LogP contribution in [-0.4, -0.2) is 26.7 Å². The molecule has 14 heavy (non-hydrogen) atoms. The lowest BCUT2D eigenvalue weighted by Gasteiger charge is -1.93. The zero-order valence-corrected chi connectivity index (χ0v) is 7.63. The van der Waals surface area contributed by atoms with Crippen molar-refractivity contribution in [2.75, 3.05) is 6.54 Å². The summed E-state index contributed by atoms with van der Waals surface area (Å²) in [5, 5.41) is 11.5. The fourth-order valence-electron chi connectivity index (χ4n) is 1.16. The van der Waals surface area contributed by atoms with Crippen LogP contribution in [0.5, 0.6) is 0 Å². The highest BCUT2D eigenvalue weighted by molar-refractivity contribution is 4.97. The van der Waals surface area contributed by atoms with Crippen molar-refractivity contribution >= 4 is 0 Å². The highest BCUT2D eigenvalue weighted by Crippen LogP contribution is 2.00. The second kappa shape index (κ2) is 4.01. The van der Waals surface area contributed by atoms with Crippen LogP contribution in [0.25, 0.3) is 0 Å². The first-order chi connectivity index (χ1) is 6.88. The van der Waals surface area contributed by atoms with Crippen molar-refractivity contribution in [2.24, 2.45) is 5.73 Å². The van der Waals surface area contributed by atoms with E-state index < -0.39 is 0 Å². The van der Waals surface area contributed by atoms with E-state index in [0.717, 1.165) is 17.9 Å². The first-order valence-corrected chi connectivity index (χ1v) is 4.37. The fraction of sp³-hybridized carbons (Fsp3) is 0.375. The second-order valence-electron chi connectivity index (χ2n) is 2.92. The summed E-state index contributed by atoms with van der Waals surface area (Å²) in [5.41, 5.74) is 6.30. The van der Waals surface area contributed by atoms with Crippen molar-refractivity contribution < 1.29 is 4.52 Å². The Bertz CT molecular complexity index is 380. The fourth-order valence-corrected chi connectivity index (χ4v) is 1.16. The summed E-state index contributed by atoms with van der Waals surface area (Å²) in [6.07, 6.45) is 4.21. The summed E-state index contributed by atoms with van der Waals surface area (Å²) in [7, 11) is 0. The summed E-state index contributed by atoms with van der Waals surface area (Å²) in [5.74, 6) is 0.759. The molecule has 0 unspecified atom stereocenters. The Labute approximate surface area is 80.7 Å². The molecule has 2 heterocycles. The molecule has 0 saturated heterocycles. The average Bonchev–Trinajstić information content (AvgIpc) is 2.79. The molecule has 0 aromatic carbocycles. The third-order valence-electron chi connectivity index (χ3n) is 1.80. The van der Waals surface area contributed by atoms with Gasteiger partial charge in [0.15, 0.2) is 5.76 Å². The molecule has 74 valence electrons. The predicted molar refractivity (Wildman–Crippen MR) is 48.4 cm³/mol. The Hall–Kier alpha value is -1.69. The molecule has 6 heteroatoms. The Kier molecular flexibility index (Phi) is 2.55. The molecule has 0 saturated carbocycles. The first-order valence-electron chi connectivity index (χ1n) is 4.37. The largest absolute Gasteiger partial charge is 0.359 e. The molecule has 0 fully saturated rings. The van der Waals surface area contributed by atoms with E-state index in [1.807, 2.05) is 6.20 Å². The Morgan fingerprint density at radius 1 is 1.50 bits per heavy atom. The smallest absolute Gasteiger partial charge is 0.158 e. The standard InChI is InChI=1S/C8H11N5O/c9-3-1-7-5-13(12-11-7)6-8-2-4-10-14-8/h2,4-5H,1,3,6,9H2. The van der Waals surface area contributed by atoms with Gasteiger partial charge in [-0.05, 0) is 6.54 Å². The molecule has 0 spiro atoms. The van der Waals surface area contributed by atoms with E-state index in [1.165, 1.54) is 0 Å². The molecule has 0 atom stereocenters. The van der Waals surface area contributed by atoms with Gasteiger partial charge in [0.05, 0.1) is 11.9 Å². The van der Waals surface area contributed by atoms with E-state index in [4.69, 9.17) is 10.3 Å². The summed E-state index contributed by atoms with van der Waals surface area (Å²) in [6, 6.07) is 1.80. The SMILES string of the molecule is NCCc1cn(Cc2ccno2)nn1. The highest BCUT2D eigenvalue weighted by atomic mass is 16.5. The van der Waals surface area contributed by atoms with Crippen LogP contribution in [0, 0.1) is 0 Å². The highest BCUT2D eigenvalue weighted by Gasteiger charge is 2.02. The lowest BCUT2D eigenvalue weighted by Crippen LogP contribution is -2.02. The van der Waals surface area contributed by atoms with Crippen LogP contribution in [0.2, 0.25) is 0 Å². The maximum atomic E-state index is 5.40. The predicted octanol–water partition coefficient (Wildman–Crippen LogP) is -0.184. The molecule has 2 N–H and O–H groups in total. The van der Waals surface area contributed by atoms with Gasteiger partial charge in [0, 0.05) is 18.7 Å². The van der Waals surface area contributed by atoms with Crippen molar-refractivity contribution in [1.29, 1.82) is 0 Å². The van der Waals surface area contributed by atoms with Gasteiger partial charge in [0.2, 0.25) is 0 Å². The van der Waals surface area contributed by atoms with Gasteiger partial charge in [0.25, 0.3) is 0 Å². The number of hydrogen-bond acceptors (Lipinski definition) is 5. The van der Waals surface area contributed by atoms with Crippen LogP contribution in [0.4, 0.5) is 0 Å². The summed E-state index contributed by atoms with van der Waals surface area (Å²) in [6.45, 7) is 1.14. The lowest BCUT2D eigenvalue weighted by molar-refractivity contribution is 0.370. The number of aromatic nitrogens is 4. The molecule has 2 rings (SSSR count). The van der Waals surface area contributed by atoms with Gasteiger partial charge in [-0.2, -0.15) is 0 Å². The topological polar surface area (TPSA) is 82.8 Å². The normalized spacial score (nSPS) is 10.6. The van der Waals surface area contributed by atoms with Crippen LogP contribution in [0.1, 0.15) is 11.5 Å². The quantitative estimate of drug-likeness (QED) is 0.728. The van der Waals surface area contributed by atoms with Gasteiger partial charge in [-0.3, -0.25) is 0 Å². The van der Waals surface area contributed by atoms with Gasteiger partial charge in [-0.1, -0.05) is 10.4 Å². The third kappa shape index (κ3) is 1.97. The van der Waals surface area contributed by atoms with E-state index in [0.29, 0.717) is 13.1 Å². The Balaban J connectivity index is 2.03. The molecule has 0 radical (unpaired) electrons. The van der Waals surface area contributed by atoms with Crippen LogP contribution in [0.3, 0.4) is 0 Å². The molecule has 0 amide bonds. The van der Waals surface area contributed by atoms with Gasteiger partial charge in [0.1, 0.15) is 6.54 Å². The maximum absolute atomic E-state index is 5.40. The number of rotatable bonds is 4. The van der Waals surface area contributed by atoms with E-state index in [1.54, 1.807) is 16.9 Å². The molecule has 2 aromatic rings. The van der Waals surface area contributed by atoms with Crippen molar-refractivity contribution in [3.05, 3.63) is 29.9 Å². The molecule has 2 aromatic heterocycles. The maximum Gasteiger partial charge on any atom is 0.158 e. The van der Waals surface area contributed by atoms with Gasteiger partial charge in [-0.25, -0.2) is 4.68 Å². The van der Waals surface area contributed by atoms with E-state index in [2.05, 4.69) is 15.5 Å². The molecule has 0 aliphatic carbocycles. The second-order valence-corrected chi connectivity index (χ2v) is 2.92. The Morgan fingerprint density at radius 2 is 2.43 bits per heavy atom. The molecular formula is C8H11N5O. The number of nitrogens with two attached hydrogens (primary N) is 1. The molecule has 0 bridgehead atoms. The minimum atomic E-state index is 0.553. The van der Waals surface area contributed by atoms with Crippen molar-refractivity contribution in [1.82, 2.24) is 20.2 Å². The minimum Gasteiger partial charge on any atom is -0.359 e. The summed E-state index contributed by atoms with van der Waals surface area (Å²) < 4.78 is 6.64.